The topological polar surface area (TPSA) is 38.9 Å². The zero-order chi connectivity index (χ0) is 13.2. The summed E-state index contributed by atoms with van der Waals surface area (Å²) in [5, 5.41) is 0.996. The molecule has 0 bridgehead atoms. The summed E-state index contributed by atoms with van der Waals surface area (Å²) in [6.45, 7) is 0. The highest BCUT2D eigenvalue weighted by atomic mass is 35.5. The molecule has 0 saturated heterocycles. The molecule has 19 heavy (non-hydrogen) atoms. The molecule has 94 valence electrons. The predicted molar refractivity (Wildman–Crippen MR) is 75.2 cm³/mol. The largest absolute Gasteiger partial charge is 0.436 e. The fourth-order valence-corrected chi connectivity index (χ4v) is 1.98. The van der Waals surface area contributed by atoms with E-state index in [1.807, 2.05) is 18.2 Å². The van der Waals surface area contributed by atoms with Gasteiger partial charge in [-0.1, -0.05) is 23.2 Å². The quantitative estimate of drug-likeness (QED) is 0.686. The Labute approximate surface area is 119 Å². The van der Waals surface area contributed by atoms with Crippen LogP contribution in [0.4, 0.5) is 0 Å². The minimum Gasteiger partial charge on any atom is -0.436 e. The van der Waals surface area contributed by atoms with Crippen LogP contribution in [0.3, 0.4) is 0 Å². The molecule has 0 atom stereocenters. The molecule has 0 amide bonds. The van der Waals surface area contributed by atoms with Crippen molar-refractivity contribution < 1.29 is 4.42 Å². The monoisotopic (exact) mass is 290 g/mol. The molecule has 0 N–H and O–H groups in total. The lowest BCUT2D eigenvalue weighted by molar-refractivity contribution is 0.588. The van der Waals surface area contributed by atoms with Crippen molar-refractivity contribution in [2.75, 3.05) is 0 Å². The third kappa shape index (κ3) is 2.48. The zero-order valence-corrected chi connectivity index (χ0v) is 11.2. The highest BCUT2D eigenvalue weighted by Gasteiger charge is 2.09. The van der Waals surface area contributed by atoms with Gasteiger partial charge in [-0.2, -0.15) is 0 Å². The van der Waals surface area contributed by atoms with Gasteiger partial charge in [0.1, 0.15) is 0 Å². The van der Waals surface area contributed by atoms with Gasteiger partial charge in [0.2, 0.25) is 5.89 Å². The van der Waals surface area contributed by atoms with Gasteiger partial charge in [0.05, 0.1) is 21.8 Å². The summed E-state index contributed by atoms with van der Waals surface area (Å²) in [5.41, 5.74) is 1.66. The van der Waals surface area contributed by atoms with Gasteiger partial charge in [-0.25, -0.2) is 4.98 Å². The third-order valence-corrected chi connectivity index (χ3v) is 3.36. The van der Waals surface area contributed by atoms with Gasteiger partial charge in [0.15, 0.2) is 5.76 Å². The third-order valence-electron chi connectivity index (χ3n) is 2.62. The average Bonchev–Trinajstić information content (AvgIpc) is 2.93. The summed E-state index contributed by atoms with van der Waals surface area (Å²) < 4.78 is 5.70. The van der Waals surface area contributed by atoms with Crippen LogP contribution in [0.5, 0.6) is 0 Å². The van der Waals surface area contributed by atoms with Gasteiger partial charge >= 0.3 is 0 Å². The van der Waals surface area contributed by atoms with Gasteiger partial charge in [0.25, 0.3) is 0 Å². The van der Waals surface area contributed by atoms with Crippen molar-refractivity contribution in [2.24, 2.45) is 0 Å². The molecule has 5 heteroatoms. The first-order valence-corrected chi connectivity index (χ1v) is 6.31. The van der Waals surface area contributed by atoms with E-state index < -0.39 is 0 Å². The molecule has 1 aromatic carbocycles. The van der Waals surface area contributed by atoms with E-state index in [1.54, 1.807) is 30.7 Å². The molecule has 3 nitrogen and oxygen atoms in total. The van der Waals surface area contributed by atoms with E-state index >= 15 is 0 Å². The highest BCUT2D eigenvalue weighted by molar-refractivity contribution is 6.42. The van der Waals surface area contributed by atoms with Gasteiger partial charge in [-0.15, -0.1) is 0 Å². The Morgan fingerprint density at radius 3 is 2.58 bits per heavy atom. The standard InChI is InChI=1S/C14H8Cl2N2O/c15-11-4-3-9(6-12(11)16)13-8-18-14(19-13)10-2-1-5-17-7-10/h1-8H. The van der Waals surface area contributed by atoms with E-state index in [0.29, 0.717) is 21.7 Å². The molecule has 2 aromatic heterocycles. The maximum atomic E-state index is 5.98. The second-order valence-corrected chi connectivity index (χ2v) is 4.71. The molecular weight excluding hydrogens is 283 g/mol. The fraction of sp³-hybridized carbons (Fsp3) is 0. The summed E-state index contributed by atoms with van der Waals surface area (Å²) >= 11 is 11.9. The molecule has 0 radical (unpaired) electrons. The number of rotatable bonds is 2. The molecule has 0 spiro atoms. The number of pyridine rings is 1. The molecular formula is C14H8Cl2N2O. The molecule has 0 aliphatic carbocycles. The molecule has 2 heterocycles. The molecule has 0 saturated carbocycles. The van der Waals surface area contributed by atoms with Crippen molar-refractivity contribution in [3.05, 3.63) is 59.0 Å². The Bertz CT molecular complexity index is 710. The number of nitrogens with zero attached hydrogens (tertiary/aromatic N) is 2. The van der Waals surface area contributed by atoms with Crippen LogP contribution >= 0.6 is 23.2 Å². The van der Waals surface area contributed by atoms with Crippen LogP contribution in [0.25, 0.3) is 22.8 Å². The van der Waals surface area contributed by atoms with Crippen molar-refractivity contribution in [3.8, 4) is 22.8 Å². The van der Waals surface area contributed by atoms with Crippen molar-refractivity contribution in [2.45, 2.75) is 0 Å². The van der Waals surface area contributed by atoms with Crippen molar-refractivity contribution >= 4 is 23.2 Å². The van der Waals surface area contributed by atoms with E-state index in [1.165, 1.54) is 0 Å². The van der Waals surface area contributed by atoms with Crippen molar-refractivity contribution in [1.82, 2.24) is 9.97 Å². The van der Waals surface area contributed by atoms with E-state index in [4.69, 9.17) is 27.6 Å². The lowest BCUT2D eigenvalue weighted by atomic mass is 10.2. The fourth-order valence-electron chi connectivity index (χ4n) is 1.68. The number of oxazole rings is 1. The minimum absolute atomic E-state index is 0.485. The predicted octanol–water partition coefficient (Wildman–Crippen LogP) is 4.71. The van der Waals surface area contributed by atoms with Crippen molar-refractivity contribution in [1.29, 1.82) is 0 Å². The molecule has 3 aromatic rings. The number of aromatic nitrogens is 2. The van der Waals surface area contributed by atoms with Crippen molar-refractivity contribution in [3.63, 3.8) is 0 Å². The maximum Gasteiger partial charge on any atom is 0.228 e. The van der Waals surface area contributed by atoms with Gasteiger partial charge in [0, 0.05) is 18.0 Å². The summed E-state index contributed by atoms with van der Waals surface area (Å²) in [6.07, 6.45) is 5.05. The highest BCUT2D eigenvalue weighted by Crippen LogP contribution is 2.30. The van der Waals surface area contributed by atoms with Crippen LogP contribution in [0.1, 0.15) is 0 Å². The molecule has 3 rings (SSSR count). The maximum absolute atomic E-state index is 5.98. The lowest BCUT2D eigenvalue weighted by Crippen LogP contribution is -1.77. The van der Waals surface area contributed by atoms with E-state index in [2.05, 4.69) is 9.97 Å². The first-order valence-electron chi connectivity index (χ1n) is 5.56. The normalized spacial score (nSPS) is 10.6. The molecule has 0 fully saturated rings. The van der Waals surface area contributed by atoms with Crippen LogP contribution in [0.15, 0.2) is 53.3 Å². The first-order chi connectivity index (χ1) is 9.24. The van der Waals surface area contributed by atoms with E-state index in [9.17, 15) is 0 Å². The summed E-state index contributed by atoms with van der Waals surface area (Å²) in [4.78, 5) is 8.26. The second kappa shape index (κ2) is 5.03. The Morgan fingerprint density at radius 2 is 1.84 bits per heavy atom. The Kier molecular flexibility index (Phi) is 3.23. The van der Waals surface area contributed by atoms with Crippen LogP contribution < -0.4 is 0 Å². The van der Waals surface area contributed by atoms with E-state index in [0.717, 1.165) is 11.1 Å². The molecule has 0 aliphatic rings. The van der Waals surface area contributed by atoms with Crippen LogP contribution in [-0.2, 0) is 0 Å². The number of benzene rings is 1. The zero-order valence-electron chi connectivity index (χ0n) is 9.68. The summed E-state index contributed by atoms with van der Waals surface area (Å²) in [5.74, 6) is 1.16. The summed E-state index contributed by atoms with van der Waals surface area (Å²) in [7, 11) is 0. The number of halogens is 2. The van der Waals surface area contributed by atoms with Gasteiger partial charge < -0.3 is 4.42 Å². The van der Waals surface area contributed by atoms with Gasteiger partial charge in [-0.05, 0) is 30.3 Å². The number of hydrogen-bond acceptors (Lipinski definition) is 3. The smallest absolute Gasteiger partial charge is 0.228 e. The lowest BCUT2D eigenvalue weighted by Gasteiger charge is -1.99. The second-order valence-electron chi connectivity index (χ2n) is 3.90. The van der Waals surface area contributed by atoms with Crippen LogP contribution in [-0.4, -0.2) is 9.97 Å². The summed E-state index contributed by atoms with van der Waals surface area (Å²) in [6, 6.07) is 9.03. The minimum atomic E-state index is 0.485. The molecule has 0 aliphatic heterocycles. The van der Waals surface area contributed by atoms with E-state index in [-0.39, 0.29) is 0 Å². The average molecular weight is 291 g/mol. The van der Waals surface area contributed by atoms with Crippen LogP contribution in [0.2, 0.25) is 10.0 Å². The van der Waals surface area contributed by atoms with Gasteiger partial charge in [-0.3, -0.25) is 4.98 Å². The number of hydrogen-bond donors (Lipinski definition) is 0. The Morgan fingerprint density at radius 1 is 0.947 bits per heavy atom. The SMILES string of the molecule is Clc1ccc(-c2cnc(-c3cccnc3)o2)cc1Cl. The Hall–Kier alpha value is -1.84. The van der Waals surface area contributed by atoms with Crippen LogP contribution in [0, 0.1) is 0 Å². The first kappa shape index (κ1) is 12.2. The molecule has 0 unspecified atom stereocenters. The Balaban J connectivity index is 1.99.